The van der Waals surface area contributed by atoms with Gasteiger partial charge in [-0.2, -0.15) is 0 Å². The van der Waals surface area contributed by atoms with Crippen molar-refractivity contribution in [3.05, 3.63) is 94.2 Å². The predicted octanol–water partition coefficient (Wildman–Crippen LogP) is 6.25. The van der Waals surface area contributed by atoms with E-state index in [1.54, 1.807) is 44.3 Å². The second-order valence-electron chi connectivity index (χ2n) is 7.98. The summed E-state index contributed by atoms with van der Waals surface area (Å²) >= 11 is 12.0. The highest BCUT2D eigenvalue weighted by atomic mass is 35.5. The average Bonchev–Trinajstić information content (AvgIpc) is 2.76. The summed E-state index contributed by atoms with van der Waals surface area (Å²) in [5.41, 5.74) is 0.999. The third-order valence-corrected chi connectivity index (χ3v) is 5.79. The minimum absolute atomic E-state index is 0.0161. The lowest BCUT2D eigenvalue weighted by Crippen LogP contribution is -2.48. The lowest BCUT2D eigenvalue weighted by atomic mass is 9.84. The standard InChI is InChI=1S/C25H26Cl2N2O2/c1-17(18-7-9-19(26)10-8-18)22(23-6-4-5-15-28-23)16-29-24(30)25(2,3)31-21-13-11-20(27)12-14-21/h4-15,17,22H,16H2,1-3H3,(H,29,30). The highest BCUT2D eigenvalue weighted by Gasteiger charge is 2.31. The molecule has 0 radical (unpaired) electrons. The number of benzene rings is 2. The normalized spacial score (nSPS) is 13.3. The Morgan fingerprint density at radius 2 is 1.61 bits per heavy atom. The Labute approximate surface area is 193 Å². The van der Waals surface area contributed by atoms with E-state index >= 15 is 0 Å². The first-order chi connectivity index (χ1) is 14.8. The van der Waals surface area contributed by atoms with Crippen LogP contribution in [-0.4, -0.2) is 23.0 Å². The largest absolute Gasteiger partial charge is 0.478 e. The van der Waals surface area contributed by atoms with Crippen LogP contribution in [0.2, 0.25) is 10.0 Å². The molecule has 31 heavy (non-hydrogen) atoms. The van der Waals surface area contributed by atoms with Crippen LogP contribution in [0, 0.1) is 0 Å². The van der Waals surface area contributed by atoms with Crippen LogP contribution in [0.3, 0.4) is 0 Å². The van der Waals surface area contributed by atoms with Crippen LogP contribution >= 0.6 is 23.2 Å². The number of nitrogens with zero attached hydrogens (tertiary/aromatic N) is 1. The Kier molecular flexibility index (Phi) is 7.58. The fourth-order valence-electron chi connectivity index (χ4n) is 3.39. The van der Waals surface area contributed by atoms with E-state index in [2.05, 4.69) is 17.2 Å². The zero-order valence-electron chi connectivity index (χ0n) is 17.8. The fourth-order valence-corrected chi connectivity index (χ4v) is 3.64. The molecule has 0 aliphatic heterocycles. The highest BCUT2D eigenvalue weighted by molar-refractivity contribution is 6.30. The zero-order valence-corrected chi connectivity index (χ0v) is 19.3. The summed E-state index contributed by atoms with van der Waals surface area (Å²) in [6.07, 6.45) is 1.77. The smallest absolute Gasteiger partial charge is 0.263 e. The molecule has 2 aromatic carbocycles. The van der Waals surface area contributed by atoms with Gasteiger partial charge in [-0.25, -0.2) is 0 Å². The second-order valence-corrected chi connectivity index (χ2v) is 8.85. The maximum Gasteiger partial charge on any atom is 0.263 e. The molecule has 2 atom stereocenters. The van der Waals surface area contributed by atoms with E-state index < -0.39 is 5.60 Å². The summed E-state index contributed by atoms with van der Waals surface area (Å²) in [6.45, 7) is 6.04. The zero-order chi connectivity index (χ0) is 22.4. The Bertz CT molecular complexity index is 990. The third kappa shape index (κ3) is 6.22. The number of hydrogen-bond donors (Lipinski definition) is 1. The number of amides is 1. The molecule has 1 heterocycles. The summed E-state index contributed by atoms with van der Waals surface area (Å²) in [6, 6.07) is 20.6. The van der Waals surface area contributed by atoms with Crippen molar-refractivity contribution in [2.45, 2.75) is 38.2 Å². The minimum atomic E-state index is -1.05. The van der Waals surface area contributed by atoms with Gasteiger partial charge >= 0.3 is 0 Å². The molecule has 0 aliphatic carbocycles. The van der Waals surface area contributed by atoms with Crippen molar-refractivity contribution in [2.24, 2.45) is 0 Å². The van der Waals surface area contributed by atoms with Gasteiger partial charge in [-0.1, -0.05) is 48.3 Å². The van der Waals surface area contributed by atoms with Crippen LogP contribution in [0.15, 0.2) is 72.9 Å². The number of carbonyl (C=O) groups is 1. The predicted molar refractivity (Wildman–Crippen MR) is 126 cm³/mol. The lowest BCUT2D eigenvalue weighted by molar-refractivity contribution is -0.134. The molecule has 1 amide bonds. The van der Waals surface area contributed by atoms with Crippen molar-refractivity contribution in [1.29, 1.82) is 0 Å². The van der Waals surface area contributed by atoms with Gasteiger partial charge in [0.25, 0.3) is 5.91 Å². The van der Waals surface area contributed by atoms with Crippen LogP contribution in [0.25, 0.3) is 0 Å². The molecule has 1 N–H and O–H groups in total. The number of nitrogens with one attached hydrogen (secondary N) is 1. The number of carbonyl (C=O) groups excluding carboxylic acids is 1. The summed E-state index contributed by atoms with van der Waals surface area (Å²) in [4.78, 5) is 17.5. The Morgan fingerprint density at radius 3 is 2.19 bits per heavy atom. The molecule has 6 heteroatoms. The van der Waals surface area contributed by atoms with Crippen LogP contribution < -0.4 is 10.1 Å². The molecule has 0 bridgehead atoms. The van der Waals surface area contributed by atoms with E-state index in [9.17, 15) is 4.79 Å². The number of rotatable bonds is 8. The number of ether oxygens (including phenoxy) is 1. The van der Waals surface area contributed by atoms with Crippen molar-refractivity contribution >= 4 is 29.1 Å². The van der Waals surface area contributed by atoms with E-state index in [0.717, 1.165) is 11.3 Å². The molecular formula is C25H26Cl2N2O2. The maximum absolute atomic E-state index is 13.0. The highest BCUT2D eigenvalue weighted by Crippen LogP contribution is 2.32. The van der Waals surface area contributed by atoms with Gasteiger partial charge in [-0.05, 0) is 73.9 Å². The molecule has 3 rings (SSSR count). The van der Waals surface area contributed by atoms with E-state index in [1.807, 2.05) is 42.5 Å². The van der Waals surface area contributed by atoms with E-state index in [-0.39, 0.29) is 17.7 Å². The van der Waals surface area contributed by atoms with Crippen LogP contribution in [0.4, 0.5) is 0 Å². The molecule has 162 valence electrons. The average molecular weight is 457 g/mol. The molecule has 0 spiro atoms. The van der Waals surface area contributed by atoms with E-state index in [4.69, 9.17) is 27.9 Å². The molecule has 2 unspecified atom stereocenters. The van der Waals surface area contributed by atoms with Crippen molar-refractivity contribution < 1.29 is 9.53 Å². The summed E-state index contributed by atoms with van der Waals surface area (Å²) in [5, 5.41) is 4.37. The molecule has 3 aromatic rings. The second kappa shape index (κ2) is 10.2. The van der Waals surface area contributed by atoms with E-state index in [1.165, 1.54) is 0 Å². The van der Waals surface area contributed by atoms with Gasteiger partial charge < -0.3 is 10.1 Å². The number of halogens is 2. The van der Waals surface area contributed by atoms with Gasteiger partial charge in [-0.3, -0.25) is 9.78 Å². The van der Waals surface area contributed by atoms with Gasteiger partial charge in [0.1, 0.15) is 5.75 Å². The number of pyridine rings is 1. The molecule has 4 nitrogen and oxygen atoms in total. The maximum atomic E-state index is 13.0. The lowest BCUT2D eigenvalue weighted by Gasteiger charge is -2.29. The van der Waals surface area contributed by atoms with Gasteiger partial charge in [-0.15, -0.1) is 0 Å². The quantitative estimate of drug-likeness (QED) is 0.435. The first-order valence-corrected chi connectivity index (χ1v) is 10.9. The molecule has 1 aromatic heterocycles. The van der Waals surface area contributed by atoms with Gasteiger partial charge in [0.2, 0.25) is 0 Å². The first-order valence-electron chi connectivity index (χ1n) is 10.2. The molecule has 0 aliphatic rings. The summed E-state index contributed by atoms with van der Waals surface area (Å²) in [5.74, 6) is 0.484. The van der Waals surface area contributed by atoms with Crippen molar-refractivity contribution in [3.63, 3.8) is 0 Å². The Balaban J connectivity index is 1.74. The molecule has 0 saturated heterocycles. The summed E-state index contributed by atoms with van der Waals surface area (Å²) < 4.78 is 5.91. The van der Waals surface area contributed by atoms with Crippen molar-refractivity contribution in [2.75, 3.05) is 6.54 Å². The molecular weight excluding hydrogens is 431 g/mol. The third-order valence-electron chi connectivity index (χ3n) is 5.28. The van der Waals surface area contributed by atoms with Crippen LogP contribution in [0.5, 0.6) is 5.75 Å². The Morgan fingerprint density at radius 1 is 1.00 bits per heavy atom. The van der Waals surface area contributed by atoms with Gasteiger partial charge in [0, 0.05) is 34.4 Å². The fraction of sp³-hybridized carbons (Fsp3) is 0.280. The Hall–Kier alpha value is -2.56. The SMILES string of the molecule is CC(c1ccc(Cl)cc1)C(CNC(=O)C(C)(C)Oc1ccc(Cl)cc1)c1ccccn1. The number of hydrogen-bond acceptors (Lipinski definition) is 3. The van der Waals surface area contributed by atoms with Crippen LogP contribution in [0.1, 0.15) is 43.9 Å². The first kappa shape index (κ1) is 23.1. The van der Waals surface area contributed by atoms with Crippen molar-refractivity contribution in [3.8, 4) is 5.75 Å². The van der Waals surface area contributed by atoms with E-state index in [0.29, 0.717) is 22.3 Å². The topological polar surface area (TPSA) is 51.2 Å². The van der Waals surface area contributed by atoms with Crippen molar-refractivity contribution in [1.82, 2.24) is 10.3 Å². The monoisotopic (exact) mass is 456 g/mol. The minimum Gasteiger partial charge on any atom is -0.478 e. The summed E-state index contributed by atoms with van der Waals surface area (Å²) in [7, 11) is 0. The molecule has 0 fully saturated rings. The van der Waals surface area contributed by atoms with Crippen LogP contribution in [-0.2, 0) is 4.79 Å². The number of aromatic nitrogens is 1. The van der Waals surface area contributed by atoms with Gasteiger partial charge in [0.05, 0.1) is 0 Å². The van der Waals surface area contributed by atoms with Gasteiger partial charge in [0.15, 0.2) is 5.60 Å². The molecule has 0 saturated carbocycles.